The average molecular weight is 258 g/mol. The molecule has 2 aromatic carbocycles. The van der Waals surface area contributed by atoms with Crippen molar-refractivity contribution in [2.45, 2.75) is 13.5 Å². The minimum Gasteiger partial charge on any atom is -0.379 e. The van der Waals surface area contributed by atoms with Gasteiger partial charge in [0.1, 0.15) is 6.07 Å². The van der Waals surface area contributed by atoms with Crippen LogP contribution in [0.2, 0.25) is 0 Å². The first-order chi connectivity index (χ1) is 9.11. The highest BCUT2D eigenvalue weighted by molar-refractivity contribution is 5.50. The van der Waals surface area contributed by atoms with E-state index in [4.69, 9.17) is 5.26 Å². The van der Waals surface area contributed by atoms with Crippen molar-refractivity contribution < 1.29 is 8.78 Å². The largest absolute Gasteiger partial charge is 0.379 e. The van der Waals surface area contributed by atoms with E-state index in [-0.39, 0.29) is 11.3 Å². The Balaban J connectivity index is 2.14. The van der Waals surface area contributed by atoms with Crippen molar-refractivity contribution in [2.24, 2.45) is 0 Å². The second kappa shape index (κ2) is 5.49. The second-order valence-corrected chi connectivity index (χ2v) is 4.24. The van der Waals surface area contributed by atoms with E-state index in [1.807, 2.05) is 31.2 Å². The summed E-state index contributed by atoms with van der Waals surface area (Å²) in [7, 11) is 0. The highest BCUT2D eigenvalue weighted by Gasteiger charge is 2.12. The van der Waals surface area contributed by atoms with E-state index in [0.29, 0.717) is 6.54 Å². The maximum atomic E-state index is 13.6. The van der Waals surface area contributed by atoms with E-state index in [9.17, 15) is 8.78 Å². The fraction of sp³-hybridized carbons (Fsp3) is 0.133. The van der Waals surface area contributed by atoms with Crippen LogP contribution in [0.3, 0.4) is 0 Å². The lowest BCUT2D eigenvalue weighted by Gasteiger charge is -2.09. The van der Waals surface area contributed by atoms with Crippen LogP contribution in [0.1, 0.15) is 16.7 Å². The van der Waals surface area contributed by atoms with Crippen LogP contribution >= 0.6 is 0 Å². The van der Waals surface area contributed by atoms with E-state index in [0.717, 1.165) is 11.1 Å². The first-order valence-corrected chi connectivity index (χ1v) is 5.79. The van der Waals surface area contributed by atoms with Gasteiger partial charge in [0.15, 0.2) is 11.6 Å². The molecule has 2 nitrogen and oxygen atoms in total. The van der Waals surface area contributed by atoms with E-state index >= 15 is 0 Å². The molecule has 0 saturated heterocycles. The van der Waals surface area contributed by atoms with Gasteiger partial charge in [0.05, 0.1) is 11.3 Å². The number of rotatable bonds is 3. The first-order valence-electron chi connectivity index (χ1n) is 5.79. The van der Waals surface area contributed by atoms with Crippen molar-refractivity contribution in [1.29, 1.82) is 5.26 Å². The number of nitrogens with one attached hydrogen (secondary N) is 1. The summed E-state index contributed by atoms with van der Waals surface area (Å²) >= 11 is 0. The number of hydrogen-bond acceptors (Lipinski definition) is 2. The number of anilines is 1. The molecule has 0 saturated carbocycles. The van der Waals surface area contributed by atoms with E-state index in [1.165, 1.54) is 12.1 Å². The van der Waals surface area contributed by atoms with Gasteiger partial charge in [-0.25, -0.2) is 8.78 Å². The summed E-state index contributed by atoms with van der Waals surface area (Å²) in [6.07, 6.45) is 0. The maximum Gasteiger partial charge on any atom is 0.183 e. The minimum atomic E-state index is -1.11. The molecule has 0 aliphatic heterocycles. The third-order valence-electron chi connectivity index (χ3n) is 2.81. The van der Waals surface area contributed by atoms with E-state index in [1.54, 1.807) is 6.07 Å². The van der Waals surface area contributed by atoms with Gasteiger partial charge >= 0.3 is 0 Å². The molecule has 0 aromatic heterocycles. The highest BCUT2D eigenvalue weighted by Crippen LogP contribution is 2.20. The summed E-state index contributed by atoms with van der Waals surface area (Å²) in [4.78, 5) is 0. The first kappa shape index (κ1) is 13.0. The predicted octanol–water partition coefficient (Wildman–Crippen LogP) is 3.76. The van der Waals surface area contributed by atoms with Crippen molar-refractivity contribution >= 4 is 5.69 Å². The number of benzene rings is 2. The molecule has 2 aromatic rings. The van der Waals surface area contributed by atoms with Crippen LogP contribution in [0.25, 0.3) is 0 Å². The molecule has 0 unspecified atom stereocenters. The van der Waals surface area contributed by atoms with Gasteiger partial charge < -0.3 is 5.32 Å². The Morgan fingerprint density at radius 2 is 1.74 bits per heavy atom. The molecule has 0 aliphatic rings. The zero-order valence-electron chi connectivity index (χ0n) is 10.4. The van der Waals surface area contributed by atoms with Crippen LogP contribution in [-0.4, -0.2) is 0 Å². The zero-order chi connectivity index (χ0) is 13.8. The van der Waals surface area contributed by atoms with Gasteiger partial charge in [-0.1, -0.05) is 29.8 Å². The van der Waals surface area contributed by atoms with Crippen molar-refractivity contribution in [3.8, 4) is 6.07 Å². The summed E-state index contributed by atoms with van der Waals surface area (Å²) < 4.78 is 27.0. The quantitative estimate of drug-likeness (QED) is 0.909. The lowest BCUT2D eigenvalue weighted by atomic mass is 10.1. The van der Waals surface area contributed by atoms with Crippen LogP contribution in [0.4, 0.5) is 14.5 Å². The Hall–Kier alpha value is -2.41. The molecule has 2 rings (SSSR count). The third-order valence-corrected chi connectivity index (χ3v) is 2.81. The number of nitrogens with zero attached hydrogens (tertiary/aromatic N) is 1. The van der Waals surface area contributed by atoms with Crippen molar-refractivity contribution in [3.05, 3.63) is 64.7 Å². The molecule has 0 bridgehead atoms. The average Bonchev–Trinajstić information content (AvgIpc) is 2.42. The molecule has 0 aliphatic carbocycles. The minimum absolute atomic E-state index is 0.0528. The molecular formula is C15H12F2N2. The second-order valence-electron chi connectivity index (χ2n) is 4.24. The zero-order valence-corrected chi connectivity index (χ0v) is 10.4. The predicted molar refractivity (Wildman–Crippen MR) is 69.6 cm³/mol. The van der Waals surface area contributed by atoms with Crippen molar-refractivity contribution in [1.82, 2.24) is 0 Å². The van der Waals surface area contributed by atoms with E-state index in [2.05, 4.69) is 5.32 Å². The number of aryl methyl sites for hydroxylation is 1. The summed E-state index contributed by atoms with van der Waals surface area (Å²) in [5.74, 6) is -2.14. The Bertz CT molecular complexity index is 628. The molecular weight excluding hydrogens is 246 g/mol. The lowest BCUT2D eigenvalue weighted by molar-refractivity contribution is 0.508. The van der Waals surface area contributed by atoms with Gasteiger partial charge in [0.2, 0.25) is 0 Å². The van der Waals surface area contributed by atoms with Gasteiger partial charge in [-0.3, -0.25) is 0 Å². The van der Waals surface area contributed by atoms with Crippen molar-refractivity contribution in [2.75, 3.05) is 5.32 Å². The molecule has 0 heterocycles. The molecule has 0 fully saturated rings. The van der Waals surface area contributed by atoms with E-state index < -0.39 is 11.6 Å². The monoisotopic (exact) mass is 258 g/mol. The van der Waals surface area contributed by atoms with Gasteiger partial charge in [0, 0.05) is 6.54 Å². The molecule has 0 radical (unpaired) electrons. The summed E-state index contributed by atoms with van der Waals surface area (Å²) in [6, 6.07) is 12.0. The smallest absolute Gasteiger partial charge is 0.183 e. The van der Waals surface area contributed by atoms with Crippen LogP contribution in [0.5, 0.6) is 0 Å². The normalized spacial score (nSPS) is 10.0. The standard InChI is InChI=1S/C15H12F2N2/c1-10-2-4-11(5-3-10)9-19-13-7-6-12(8-18)14(16)15(13)17/h2-7,19H,9H2,1H3. The number of halogens is 2. The summed E-state index contributed by atoms with van der Waals surface area (Å²) in [6.45, 7) is 2.37. The topological polar surface area (TPSA) is 35.8 Å². The highest BCUT2D eigenvalue weighted by atomic mass is 19.2. The summed E-state index contributed by atoms with van der Waals surface area (Å²) in [5, 5.41) is 11.4. The van der Waals surface area contributed by atoms with Gasteiger partial charge in [0.25, 0.3) is 0 Å². The lowest BCUT2D eigenvalue weighted by Crippen LogP contribution is -2.03. The molecule has 0 spiro atoms. The van der Waals surface area contributed by atoms with Crippen LogP contribution in [0.15, 0.2) is 36.4 Å². The molecule has 19 heavy (non-hydrogen) atoms. The number of nitriles is 1. The SMILES string of the molecule is Cc1ccc(CNc2ccc(C#N)c(F)c2F)cc1. The fourth-order valence-corrected chi connectivity index (χ4v) is 1.68. The Morgan fingerprint density at radius 3 is 2.37 bits per heavy atom. The molecule has 4 heteroatoms. The van der Waals surface area contributed by atoms with Gasteiger partial charge in [-0.2, -0.15) is 5.26 Å². The van der Waals surface area contributed by atoms with Crippen LogP contribution in [0, 0.1) is 29.9 Å². The third kappa shape index (κ3) is 2.89. The number of hydrogen-bond donors (Lipinski definition) is 1. The Kier molecular flexibility index (Phi) is 3.76. The molecule has 96 valence electrons. The molecule has 0 amide bonds. The van der Waals surface area contributed by atoms with Gasteiger partial charge in [-0.15, -0.1) is 0 Å². The summed E-state index contributed by atoms with van der Waals surface area (Å²) in [5.41, 5.74) is 1.87. The maximum absolute atomic E-state index is 13.6. The van der Waals surface area contributed by atoms with Gasteiger partial charge in [-0.05, 0) is 24.6 Å². The van der Waals surface area contributed by atoms with Crippen LogP contribution < -0.4 is 5.32 Å². The fourth-order valence-electron chi connectivity index (χ4n) is 1.68. The van der Waals surface area contributed by atoms with Crippen molar-refractivity contribution in [3.63, 3.8) is 0 Å². The molecule has 1 N–H and O–H groups in total. The van der Waals surface area contributed by atoms with Crippen LogP contribution in [-0.2, 0) is 6.54 Å². The Labute approximate surface area is 110 Å². The molecule has 0 atom stereocenters. The Morgan fingerprint density at radius 1 is 1.05 bits per heavy atom.